The van der Waals surface area contributed by atoms with Crippen LogP contribution in [0, 0.1) is 6.92 Å². The number of hydrogen-bond acceptors (Lipinski definition) is 8. The van der Waals surface area contributed by atoms with Gasteiger partial charge < -0.3 is 29.7 Å². The summed E-state index contributed by atoms with van der Waals surface area (Å²) in [6, 6.07) is 12.1. The average molecular weight is 504 g/mol. The van der Waals surface area contributed by atoms with E-state index in [1.165, 1.54) is 0 Å². The van der Waals surface area contributed by atoms with Gasteiger partial charge in [0.1, 0.15) is 23.4 Å². The van der Waals surface area contributed by atoms with Gasteiger partial charge in [-0.1, -0.05) is 6.07 Å². The first-order chi connectivity index (χ1) is 18.0. The van der Waals surface area contributed by atoms with E-state index in [1.807, 2.05) is 24.0 Å². The van der Waals surface area contributed by atoms with E-state index in [4.69, 9.17) is 14.2 Å². The number of nitrogens with one attached hydrogen (secondary N) is 2. The van der Waals surface area contributed by atoms with Crippen LogP contribution in [0.1, 0.15) is 27.9 Å². The first-order valence-electron chi connectivity index (χ1n) is 12.2. The molecule has 2 atom stereocenters. The number of benzene rings is 2. The number of nitrogens with zero attached hydrogens (tertiary/aromatic N) is 3. The zero-order valence-corrected chi connectivity index (χ0v) is 20.8. The zero-order valence-electron chi connectivity index (χ0n) is 20.8. The summed E-state index contributed by atoms with van der Waals surface area (Å²) in [5.74, 6) is 1.75. The standard InChI is InChI=1S/C27H29N5O5/c1-17-4-5-18-12-23(17)36-16-25(33)30-14-19-6-7-20(13-24(19)35-2)37-22-8-11-32(15-21(22)31-26(18)34)27-28-9-3-10-29-27/h3-7,9-10,12-13,21-22H,8,11,14-16H2,1-2H3,(H,30,33)(H,31,34)/t21-,22+/m0/s1. The Labute approximate surface area is 215 Å². The van der Waals surface area contributed by atoms with E-state index >= 15 is 0 Å². The Morgan fingerprint density at radius 1 is 1.11 bits per heavy atom. The Kier molecular flexibility index (Phi) is 7.07. The summed E-state index contributed by atoms with van der Waals surface area (Å²) in [6.07, 6.45) is 3.75. The third-order valence-corrected chi connectivity index (χ3v) is 6.53. The van der Waals surface area contributed by atoms with E-state index in [2.05, 4.69) is 20.6 Å². The number of hydrogen-bond donors (Lipinski definition) is 2. The Bertz CT molecular complexity index is 1290. The highest BCUT2D eigenvalue weighted by molar-refractivity contribution is 5.95. The van der Waals surface area contributed by atoms with Crippen LogP contribution in [0.25, 0.3) is 0 Å². The van der Waals surface area contributed by atoms with Crippen molar-refractivity contribution in [2.24, 2.45) is 0 Å². The molecule has 0 unspecified atom stereocenters. The minimum atomic E-state index is -0.347. The van der Waals surface area contributed by atoms with E-state index in [9.17, 15) is 9.59 Å². The van der Waals surface area contributed by atoms with Crippen LogP contribution >= 0.6 is 0 Å². The summed E-state index contributed by atoms with van der Waals surface area (Å²) in [7, 11) is 1.58. The van der Waals surface area contributed by atoms with E-state index in [-0.39, 0.29) is 37.1 Å². The maximum absolute atomic E-state index is 13.3. The Balaban J connectivity index is 1.48. The second-order valence-corrected chi connectivity index (χ2v) is 9.04. The smallest absolute Gasteiger partial charge is 0.258 e. The highest BCUT2D eigenvalue weighted by atomic mass is 16.5. The Morgan fingerprint density at radius 2 is 1.95 bits per heavy atom. The van der Waals surface area contributed by atoms with Gasteiger partial charge in [-0.05, 0) is 42.8 Å². The number of anilines is 1. The lowest BCUT2D eigenvalue weighted by molar-refractivity contribution is -0.123. The third kappa shape index (κ3) is 5.58. The monoisotopic (exact) mass is 503 g/mol. The van der Waals surface area contributed by atoms with Crippen molar-refractivity contribution in [1.29, 1.82) is 0 Å². The van der Waals surface area contributed by atoms with Crippen molar-refractivity contribution in [1.82, 2.24) is 20.6 Å². The topological polar surface area (TPSA) is 115 Å². The van der Waals surface area contributed by atoms with Crippen LogP contribution in [-0.4, -0.2) is 60.7 Å². The predicted molar refractivity (Wildman–Crippen MR) is 136 cm³/mol. The van der Waals surface area contributed by atoms with Gasteiger partial charge in [-0.15, -0.1) is 0 Å². The average Bonchev–Trinajstić information content (AvgIpc) is 2.92. The number of ether oxygens (including phenoxy) is 3. The molecule has 1 fully saturated rings. The molecule has 6 rings (SSSR count). The normalized spacial score (nSPS) is 20.0. The van der Waals surface area contributed by atoms with Gasteiger partial charge in [0, 0.05) is 55.6 Å². The lowest BCUT2D eigenvalue weighted by Gasteiger charge is -2.38. The van der Waals surface area contributed by atoms with Gasteiger partial charge in [0.25, 0.3) is 11.8 Å². The van der Waals surface area contributed by atoms with Gasteiger partial charge in [-0.3, -0.25) is 9.59 Å². The minimum absolute atomic E-state index is 0.174. The zero-order chi connectivity index (χ0) is 25.8. The molecule has 0 aliphatic carbocycles. The summed E-state index contributed by atoms with van der Waals surface area (Å²) in [4.78, 5) is 36.6. The number of rotatable bonds is 2. The molecular formula is C27H29N5O5. The van der Waals surface area contributed by atoms with Gasteiger partial charge in [0.2, 0.25) is 5.95 Å². The highest BCUT2D eigenvalue weighted by Crippen LogP contribution is 2.28. The molecule has 0 saturated carbocycles. The number of amides is 2. The molecule has 2 amide bonds. The number of piperidine rings is 1. The van der Waals surface area contributed by atoms with Crippen LogP contribution < -0.4 is 29.7 Å². The number of fused-ring (bicyclic) bond motifs is 7. The number of carbonyl (C=O) groups is 2. The van der Waals surface area contributed by atoms with Gasteiger partial charge in [-0.25, -0.2) is 9.97 Å². The summed E-state index contributed by atoms with van der Waals surface area (Å²) in [5.41, 5.74) is 2.07. The molecule has 0 radical (unpaired) electrons. The van der Waals surface area contributed by atoms with Crippen LogP contribution in [-0.2, 0) is 11.3 Å². The van der Waals surface area contributed by atoms with Crippen molar-refractivity contribution < 1.29 is 23.8 Å². The molecule has 1 aromatic heterocycles. The van der Waals surface area contributed by atoms with Crippen LogP contribution in [0.5, 0.6) is 17.2 Å². The second kappa shape index (κ2) is 10.7. The molecule has 1 saturated heterocycles. The quantitative estimate of drug-likeness (QED) is 0.547. The van der Waals surface area contributed by atoms with Crippen molar-refractivity contribution in [2.45, 2.75) is 32.0 Å². The SMILES string of the molecule is COc1cc2ccc1CNC(=O)COc1cc(ccc1C)C(=O)N[C@H]1CN(c3ncccn3)CC[C@H]1O2. The van der Waals surface area contributed by atoms with Gasteiger partial charge in [-0.2, -0.15) is 0 Å². The van der Waals surface area contributed by atoms with Crippen molar-refractivity contribution in [2.75, 3.05) is 31.7 Å². The molecule has 192 valence electrons. The highest BCUT2D eigenvalue weighted by Gasteiger charge is 2.33. The first kappa shape index (κ1) is 24.4. The lowest BCUT2D eigenvalue weighted by atomic mass is 10.0. The molecular weight excluding hydrogens is 474 g/mol. The van der Waals surface area contributed by atoms with Crippen LogP contribution in [0.3, 0.4) is 0 Å². The molecule has 0 spiro atoms. The fraction of sp³-hybridized carbons (Fsp3) is 0.333. The molecule has 3 aliphatic heterocycles. The predicted octanol–water partition coefficient (Wildman–Crippen LogP) is 2.26. The minimum Gasteiger partial charge on any atom is -0.496 e. The number of methoxy groups -OCH3 is 1. The van der Waals surface area contributed by atoms with E-state index in [1.54, 1.807) is 49.8 Å². The summed E-state index contributed by atoms with van der Waals surface area (Å²) >= 11 is 0. The lowest BCUT2D eigenvalue weighted by Crippen LogP contribution is -2.57. The summed E-state index contributed by atoms with van der Waals surface area (Å²) in [6.45, 7) is 3.12. The van der Waals surface area contributed by atoms with Gasteiger partial charge in [0.15, 0.2) is 6.61 Å². The van der Waals surface area contributed by atoms with Crippen molar-refractivity contribution in [3.05, 3.63) is 71.5 Å². The fourth-order valence-corrected chi connectivity index (χ4v) is 4.50. The maximum atomic E-state index is 13.3. The Morgan fingerprint density at radius 3 is 2.76 bits per heavy atom. The molecule has 3 aromatic rings. The van der Waals surface area contributed by atoms with Crippen molar-refractivity contribution in [3.63, 3.8) is 0 Å². The first-order valence-corrected chi connectivity index (χ1v) is 12.2. The van der Waals surface area contributed by atoms with Crippen LogP contribution in [0.4, 0.5) is 5.95 Å². The molecule has 4 bridgehead atoms. The van der Waals surface area contributed by atoms with Gasteiger partial charge in [0.05, 0.1) is 13.2 Å². The van der Waals surface area contributed by atoms with Crippen molar-refractivity contribution >= 4 is 17.8 Å². The summed E-state index contributed by atoms with van der Waals surface area (Å²) < 4.78 is 17.7. The molecule has 10 heteroatoms. The molecule has 2 N–H and O–H groups in total. The van der Waals surface area contributed by atoms with Crippen LogP contribution in [0.15, 0.2) is 54.9 Å². The largest absolute Gasteiger partial charge is 0.496 e. The van der Waals surface area contributed by atoms with Gasteiger partial charge >= 0.3 is 0 Å². The van der Waals surface area contributed by atoms with Crippen LogP contribution in [0.2, 0.25) is 0 Å². The molecule has 3 aliphatic rings. The fourth-order valence-electron chi connectivity index (χ4n) is 4.50. The molecule has 10 nitrogen and oxygen atoms in total. The number of aromatic nitrogens is 2. The maximum Gasteiger partial charge on any atom is 0.258 e. The number of carbonyl (C=O) groups excluding carboxylic acids is 2. The Hall–Kier alpha value is -4.34. The van der Waals surface area contributed by atoms with E-state index < -0.39 is 0 Å². The molecule has 4 heterocycles. The van der Waals surface area contributed by atoms with Crippen molar-refractivity contribution in [3.8, 4) is 17.2 Å². The summed E-state index contributed by atoms with van der Waals surface area (Å²) in [5, 5.41) is 5.99. The third-order valence-electron chi connectivity index (χ3n) is 6.53. The number of aryl methyl sites for hydroxylation is 1. The van der Waals surface area contributed by atoms with E-state index in [0.29, 0.717) is 48.3 Å². The van der Waals surface area contributed by atoms with E-state index in [0.717, 1.165) is 11.1 Å². The second-order valence-electron chi connectivity index (χ2n) is 9.04. The molecule has 37 heavy (non-hydrogen) atoms. The molecule has 2 aromatic carbocycles.